The summed E-state index contributed by atoms with van der Waals surface area (Å²) in [4.78, 5) is 42.7. The number of rotatable bonds is 4. The van der Waals surface area contributed by atoms with E-state index in [1.165, 1.54) is 26.6 Å². The van der Waals surface area contributed by atoms with E-state index in [4.69, 9.17) is 0 Å². The number of anilines is 2. The SMILES string of the molecule is CN1CC2CC1CN2[N+](=O)C1CCc2c(sc3ncnc(Nc4ccc5[nH]c(=O)sc5c4)c23)C1. The summed E-state index contributed by atoms with van der Waals surface area (Å²) in [6.07, 6.45) is 5.14. The number of piperazine rings is 1. The number of nitrogens with one attached hydrogen (secondary N) is 2. The molecular weight excluding hydrogens is 470 g/mol. The van der Waals surface area contributed by atoms with Crippen LogP contribution in [0.1, 0.15) is 23.3 Å². The molecule has 7 rings (SSSR count). The fraction of sp³-hybridized carbons (Fsp3) is 0.435. The lowest BCUT2D eigenvalue weighted by Gasteiger charge is -2.28. The molecule has 34 heavy (non-hydrogen) atoms. The number of likely N-dealkylation sites (N-methyl/N-ethyl adjacent to an activating group) is 1. The van der Waals surface area contributed by atoms with Crippen LogP contribution in [0.2, 0.25) is 0 Å². The average Bonchev–Trinajstić information content (AvgIpc) is 3.58. The summed E-state index contributed by atoms with van der Waals surface area (Å²) in [5, 5.41) is 6.58. The van der Waals surface area contributed by atoms with Crippen LogP contribution in [-0.4, -0.2) is 68.0 Å². The van der Waals surface area contributed by atoms with E-state index < -0.39 is 0 Å². The van der Waals surface area contributed by atoms with Crippen LogP contribution in [0.5, 0.6) is 0 Å². The molecule has 174 valence electrons. The Morgan fingerprint density at radius 2 is 2.12 bits per heavy atom. The molecule has 1 aliphatic carbocycles. The number of likely N-dealkylation sites (tertiary alicyclic amines) is 1. The zero-order chi connectivity index (χ0) is 23.0. The molecule has 3 aliphatic rings. The van der Waals surface area contributed by atoms with E-state index in [1.54, 1.807) is 17.7 Å². The number of benzene rings is 1. The summed E-state index contributed by atoms with van der Waals surface area (Å²) in [5.74, 6) is 0.780. The minimum Gasteiger partial charge on any atom is -0.340 e. The molecule has 3 atom stereocenters. The van der Waals surface area contributed by atoms with Crippen molar-refractivity contribution in [1.29, 1.82) is 0 Å². The molecule has 0 radical (unpaired) electrons. The number of nitrogens with zero attached hydrogens (tertiary/aromatic N) is 5. The Hall–Kier alpha value is -2.89. The van der Waals surface area contributed by atoms with Crippen LogP contribution >= 0.6 is 22.7 Å². The van der Waals surface area contributed by atoms with Gasteiger partial charge in [-0.15, -0.1) is 16.3 Å². The van der Waals surface area contributed by atoms with Crippen molar-refractivity contribution in [2.45, 2.75) is 43.8 Å². The van der Waals surface area contributed by atoms with Crippen molar-refractivity contribution in [3.05, 3.63) is 49.5 Å². The van der Waals surface area contributed by atoms with Crippen molar-refractivity contribution >= 4 is 54.6 Å². The van der Waals surface area contributed by atoms with Crippen molar-refractivity contribution in [1.82, 2.24) is 24.9 Å². The number of nitroso groups, excluding NO2 is 1. The van der Waals surface area contributed by atoms with E-state index in [0.29, 0.717) is 12.1 Å². The van der Waals surface area contributed by atoms with Gasteiger partial charge in [0.1, 0.15) is 27.9 Å². The van der Waals surface area contributed by atoms with Crippen molar-refractivity contribution in [3.63, 3.8) is 0 Å². The smallest absolute Gasteiger partial charge is 0.305 e. The largest absolute Gasteiger partial charge is 0.340 e. The molecule has 0 saturated carbocycles. The summed E-state index contributed by atoms with van der Waals surface area (Å²) >= 11 is 2.88. The molecule has 2 saturated heterocycles. The van der Waals surface area contributed by atoms with Crippen molar-refractivity contribution < 1.29 is 4.87 Å². The van der Waals surface area contributed by atoms with Crippen molar-refractivity contribution in [3.8, 4) is 0 Å². The molecule has 4 aromatic rings. The third-order valence-corrected chi connectivity index (χ3v) is 9.56. The molecule has 11 heteroatoms. The Labute approximate surface area is 203 Å². The number of thiophene rings is 1. The van der Waals surface area contributed by atoms with Gasteiger partial charge in [-0.1, -0.05) is 11.3 Å². The first-order chi connectivity index (χ1) is 16.5. The molecule has 2 bridgehead atoms. The monoisotopic (exact) mass is 494 g/mol. The van der Waals surface area contributed by atoms with E-state index in [2.05, 4.69) is 37.2 Å². The van der Waals surface area contributed by atoms with E-state index in [9.17, 15) is 9.70 Å². The normalized spacial score (nSPS) is 24.3. The van der Waals surface area contributed by atoms with E-state index in [1.807, 2.05) is 18.2 Å². The molecule has 0 spiro atoms. The summed E-state index contributed by atoms with van der Waals surface area (Å²) in [6, 6.07) is 6.68. The average molecular weight is 495 g/mol. The number of hydrogen-bond acceptors (Lipinski definition) is 8. The Kier molecular flexibility index (Phi) is 4.55. The number of aromatic amines is 1. The molecule has 1 aromatic carbocycles. The van der Waals surface area contributed by atoms with Gasteiger partial charge in [0.25, 0.3) is 0 Å². The van der Waals surface area contributed by atoms with Crippen LogP contribution in [0.3, 0.4) is 0 Å². The standard InChI is InChI=1S/C23H23N7O2S2/c1-28-9-15-7-14(28)10-29(15)30(32)13-3-4-16-18(8-13)33-22-20(16)21(24-11-25-22)26-12-2-5-17-19(6-12)34-23(31)27-17/h2,5-6,11,13-15H,3-4,7-10H2,1H3,(H-,24,25,26,27,31)/p+1. The van der Waals surface area contributed by atoms with Gasteiger partial charge in [-0.2, -0.15) is 0 Å². The van der Waals surface area contributed by atoms with Gasteiger partial charge in [0, 0.05) is 29.6 Å². The molecular formula is C23H24N7O2S2+. The van der Waals surface area contributed by atoms with Crippen LogP contribution in [0.25, 0.3) is 20.4 Å². The van der Waals surface area contributed by atoms with Crippen LogP contribution in [0.4, 0.5) is 11.5 Å². The van der Waals surface area contributed by atoms with Crippen LogP contribution in [0.15, 0.2) is 29.3 Å². The first-order valence-electron chi connectivity index (χ1n) is 11.6. The summed E-state index contributed by atoms with van der Waals surface area (Å²) < 4.78 is 0.910. The number of aryl methyl sites for hydroxylation is 1. The number of hydrazine groups is 1. The Balaban J connectivity index is 1.17. The first-order valence-corrected chi connectivity index (χ1v) is 13.2. The molecule has 9 nitrogen and oxygen atoms in total. The lowest BCUT2D eigenvalue weighted by molar-refractivity contribution is -0.740. The highest BCUT2D eigenvalue weighted by Gasteiger charge is 2.50. The van der Waals surface area contributed by atoms with Crippen LogP contribution < -0.4 is 10.2 Å². The third-order valence-electron chi connectivity index (χ3n) is 7.55. The quantitative estimate of drug-likeness (QED) is 0.420. The molecule has 3 aromatic heterocycles. The van der Waals surface area contributed by atoms with Crippen LogP contribution in [-0.2, 0) is 12.8 Å². The zero-order valence-corrected chi connectivity index (χ0v) is 20.3. The predicted molar refractivity (Wildman–Crippen MR) is 134 cm³/mol. The van der Waals surface area contributed by atoms with Gasteiger partial charge in [0.15, 0.2) is 0 Å². The second-order valence-corrected chi connectivity index (χ2v) is 11.7. The zero-order valence-electron chi connectivity index (χ0n) is 18.7. The van der Waals surface area contributed by atoms with Gasteiger partial charge >= 0.3 is 4.87 Å². The topological polar surface area (TPSA) is 97.2 Å². The molecule has 2 aliphatic heterocycles. The van der Waals surface area contributed by atoms with Gasteiger partial charge < -0.3 is 10.3 Å². The minimum atomic E-state index is -0.0563. The van der Waals surface area contributed by atoms with Gasteiger partial charge in [-0.25, -0.2) is 9.97 Å². The predicted octanol–water partition coefficient (Wildman–Crippen LogP) is 3.28. The fourth-order valence-corrected chi connectivity index (χ4v) is 7.87. The second-order valence-electron chi connectivity index (χ2n) is 9.56. The van der Waals surface area contributed by atoms with Gasteiger partial charge in [-0.3, -0.25) is 9.69 Å². The number of H-pyrrole nitrogens is 1. The molecule has 0 amide bonds. The molecule has 2 fully saturated rings. The number of hydrogen-bond donors (Lipinski definition) is 2. The maximum atomic E-state index is 13.3. The maximum Gasteiger partial charge on any atom is 0.305 e. The highest BCUT2D eigenvalue weighted by Crippen LogP contribution is 2.40. The first kappa shape index (κ1) is 20.5. The number of thiazole rings is 1. The summed E-state index contributed by atoms with van der Waals surface area (Å²) in [7, 11) is 2.16. The lowest BCUT2D eigenvalue weighted by atomic mass is 9.93. The second kappa shape index (κ2) is 7.56. The molecule has 5 heterocycles. The number of fused-ring (bicyclic) bond motifs is 6. The minimum absolute atomic E-state index is 0.0200. The highest BCUT2D eigenvalue weighted by atomic mass is 32.1. The maximum absolute atomic E-state index is 13.3. The fourth-order valence-electron chi connectivity index (χ4n) is 5.83. The Morgan fingerprint density at radius 3 is 2.94 bits per heavy atom. The van der Waals surface area contributed by atoms with Gasteiger partial charge in [0.2, 0.25) is 6.04 Å². The van der Waals surface area contributed by atoms with Crippen molar-refractivity contribution in [2.75, 3.05) is 25.5 Å². The van der Waals surface area contributed by atoms with Gasteiger partial charge in [0.05, 0.1) is 33.5 Å². The van der Waals surface area contributed by atoms with E-state index in [-0.39, 0.29) is 10.9 Å². The Morgan fingerprint density at radius 1 is 1.21 bits per heavy atom. The molecule has 2 N–H and O–H groups in total. The Bertz CT molecular complexity index is 1510. The lowest BCUT2D eigenvalue weighted by Crippen LogP contribution is -2.51. The summed E-state index contributed by atoms with van der Waals surface area (Å²) in [6.45, 7) is 1.83. The van der Waals surface area contributed by atoms with Crippen molar-refractivity contribution in [2.24, 2.45) is 0 Å². The highest BCUT2D eigenvalue weighted by molar-refractivity contribution is 7.19. The third kappa shape index (κ3) is 3.18. The number of aromatic nitrogens is 3. The molecule has 3 unspecified atom stereocenters. The van der Waals surface area contributed by atoms with Crippen LogP contribution in [0, 0.1) is 4.91 Å². The van der Waals surface area contributed by atoms with Gasteiger partial charge in [-0.05, 0) is 43.7 Å². The summed E-state index contributed by atoms with van der Waals surface area (Å²) in [5.41, 5.74) is 2.99. The van der Waals surface area contributed by atoms with E-state index >= 15 is 0 Å². The van der Waals surface area contributed by atoms with E-state index in [0.717, 1.165) is 70.7 Å².